The van der Waals surface area contributed by atoms with Crippen LogP contribution in [0, 0.1) is 5.82 Å². The van der Waals surface area contributed by atoms with Crippen LogP contribution in [-0.4, -0.2) is 34.7 Å². The van der Waals surface area contributed by atoms with Gasteiger partial charge in [0.05, 0.1) is 17.9 Å². The number of nitrogens with one attached hydrogen (secondary N) is 1. The number of benzene rings is 1. The second-order valence-corrected chi connectivity index (χ2v) is 5.25. The number of nitrogens with zero attached hydrogens (tertiary/aromatic N) is 2. The Labute approximate surface area is 125 Å². The highest BCUT2D eigenvalue weighted by Gasteiger charge is 2.17. The molecule has 0 spiro atoms. The molecule has 1 unspecified atom stereocenters. The molecule has 1 saturated heterocycles. The second kappa shape index (κ2) is 6.23. The molecular formula is C15H16FN3O3. The third-order valence-corrected chi connectivity index (χ3v) is 3.67. The molecule has 1 aliphatic rings. The van der Waals surface area contributed by atoms with Crippen molar-refractivity contribution < 1.29 is 13.9 Å². The molecule has 1 fully saturated rings. The number of rotatable bonds is 4. The molecule has 0 radical (unpaired) electrons. The summed E-state index contributed by atoms with van der Waals surface area (Å²) in [6, 6.07) is 4.25. The molecule has 1 aromatic carbocycles. The summed E-state index contributed by atoms with van der Waals surface area (Å²) < 4.78 is 20.3. The van der Waals surface area contributed by atoms with E-state index in [1.807, 2.05) is 0 Å². The van der Waals surface area contributed by atoms with E-state index in [1.54, 1.807) is 6.07 Å². The van der Waals surface area contributed by atoms with Gasteiger partial charge in [-0.3, -0.25) is 14.2 Å². The quantitative estimate of drug-likeness (QED) is 0.908. The molecular weight excluding hydrogens is 289 g/mol. The highest BCUT2D eigenvalue weighted by molar-refractivity contribution is 5.79. The Morgan fingerprint density at radius 3 is 3.14 bits per heavy atom. The molecule has 0 saturated carbocycles. The Morgan fingerprint density at radius 2 is 2.36 bits per heavy atom. The van der Waals surface area contributed by atoms with Crippen molar-refractivity contribution >= 4 is 16.8 Å². The fourth-order valence-corrected chi connectivity index (χ4v) is 2.52. The second-order valence-electron chi connectivity index (χ2n) is 5.25. The van der Waals surface area contributed by atoms with Gasteiger partial charge in [0.25, 0.3) is 5.56 Å². The van der Waals surface area contributed by atoms with Crippen molar-refractivity contribution in [3.8, 4) is 0 Å². The molecule has 0 bridgehead atoms. The van der Waals surface area contributed by atoms with Crippen LogP contribution in [0.2, 0.25) is 0 Å². The Balaban J connectivity index is 1.73. The zero-order valence-corrected chi connectivity index (χ0v) is 11.9. The average Bonchev–Trinajstić information content (AvgIpc) is 3.01. The maximum Gasteiger partial charge on any atom is 0.264 e. The fraction of sp³-hybridized carbons (Fsp3) is 0.400. The van der Waals surface area contributed by atoms with Gasteiger partial charge in [-0.1, -0.05) is 6.07 Å². The van der Waals surface area contributed by atoms with E-state index in [1.165, 1.54) is 18.5 Å². The van der Waals surface area contributed by atoms with Gasteiger partial charge in [0.15, 0.2) is 0 Å². The smallest absolute Gasteiger partial charge is 0.264 e. The van der Waals surface area contributed by atoms with Gasteiger partial charge in [-0.15, -0.1) is 0 Å². The summed E-state index contributed by atoms with van der Waals surface area (Å²) >= 11 is 0. The first-order chi connectivity index (χ1) is 10.6. The highest BCUT2D eigenvalue weighted by atomic mass is 19.1. The zero-order chi connectivity index (χ0) is 15.5. The minimum atomic E-state index is -0.635. The van der Waals surface area contributed by atoms with Crippen molar-refractivity contribution in [3.05, 3.63) is 40.7 Å². The molecule has 1 amide bonds. The highest BCUT2D eigenvalue weighted by Crippen LogP contribution is 2.11. The molecule has 22 heavy (non-hydrogen) atoms. The van der Waals surface area contributed by atoms with Crippen LogP contribution in [0.1, 0.15) is 12.8 Å². The fourth-order valence-electron chi connectivity index (χ4n) is 2.52. The third kappa shape index (κ3) is 2.99. The molecule has 3 rings (SSSR count). The van der Waals surface area contributed by atoms with E-state index in [0.717, 1.165) is 17.4 Å². The molecule has 116 valence electrons. The number of aromatic nitrogens is 2. The van der Waals surface area contributed by atoms with Crippen LogP contribution in [-0.2, 0) is 16.1 Å². The van der Waals surface area contributed by atoms with Gasteiger partial charge < -0.3 is 10.1 Å². The Kier molecular flexibility index (Phi) is 4.15. The Bertz CT molecular complexity index is 753. The van der Waals surface area contributed by atoms with Crippen LogP contribution in [0.4, 0.5) is 4.39 Å². The molecule has 2 aromatic rings. The van der Waals surface area contributed by atoms with Gasteiger partial charge in [-0.2, -0.15) is 0 Å². The van der Waals surface area contributed by atoms with Crippen LogP contribution in [0.3, 0.4) is 0 Å². The summed E-state index contributed by atoms with van der Waals surface area (Å²) in [6.07, 6.45) is 3.21. The van der Waals surface area contributed by atoms with Crippen molar-refractivity contribution in [1.82, 2.24) is 14.9 Å². The van der Waals surface area contributed by atoms with Crippen molar-refractivity contribution in [3.63, 3.8) is 0 Å². The Hall–Kier alpha value is -2.28. The minimum Gasteiger partial charge on any atom is -0.376 e. The van der Waals surface area contributed by atoms with E-state index in [-0.39, 0.29) is 29.5 Å². The van der Waals surface area contributed by atoms with E-state index >= 15 is 0 Å². The summed E-state index contributed by atoms with van der Waals surface area (Å²) in [5.74, 6) is -0.959. The molecule has 1 N–H and O–H groups in total. The standard InChI is InChI=1S/C15H16FN3O3/c16-11-4-1-5-12-14(11)15(21)19(9-18-12)8-13(20)17-7-10-3-2-6-22-10/h1,4-5,9-10H,2-3,6-8H2,(H,17,20). The lowest BCUT2D eigenvalue weighted by molar-refractivity contribution is -0.122. The van der Waals surface area contributed by atoms with Gasteiger partial charge in [-0.25, -0.2) is 9.37 Å². The number of fused-ring (bicyclic) bond motifs is 1. The summed E-state index contributed by atoms with van der Waals surface area (Å²) in [7, 11) is 0. The zero-order valence-electron chi connectivity index (χ0n) is 11.9. The van der Waals surface area contributed by atoms with E-state index in [0.29, 0.717) is 13.2 Å². The van der Waals surface area contributed by atoms with E-state index in [4.69, 9.17) is 4.74 Å². The average molecular weight is 305 g/mol. The number of hydrogen-bond acceptors (Lipinski definition) is 4. The lowest BCUT2D eigenvalue weighted by Gasteiger charge is -2.11. The number of halogens is 1. The monoisotopic (exact) mass is 305 g/mol. The van der Waals surface area contributed by atoms with Gasteiger partial charge >= 0.3 is 0 Å². The largest absolute Gasteiger partial charge is 0.376 e. The minimum absolute atomic E-state index is 0.0350. The molecule has 6 nitrogen and oxygen atoms in total. The SMILES string of the molecule is O=C(Cn1cnc2cccc(F)c2c1=O)NCC1CCCO1. The Morgan fingerprint density at radius 1 is 1.50 bits per heavy atom. The lowest BCUT2D eigenvalue weighted by Crippen LogP contribution is -2.36. The first-order valence-electron chi connectivity index (χ1n) is 7.17. The third-order valence-electron chi connectivity index (χ3n) is 3.67. The van der Waals surface area contributed by atoms with E-state index in [2.05, 4.69) is 10.3 Å². The summed E-state index contributed by atoms with van der Waals surface area (Å²) in [5, 5.41) is 2.62. The first-order valence-corrected chi connectivity index (χ1v) is 7.17. The van der Waals surface area contributed by atoms with Crippen LogP contribution in [0.15, 0.2) is 29.3 Å². The summed E-state index contributed by atoms with van der Waals surface area (Å²) in [6.45, 7) is 0.944. The van der Waals surface area contributed by atoms with E-state index in [9.17, 15) is 14.0 Å². The van der Waals surface area contributed by atoms with E-state index < -0.39 is 11.4 Å². The predicted octanol–water partition coefficient (Wildman–Crippen LogP) is 0.831. The van der Waals surface area contributed by atoms with Gasteiger partial charge in [0.1, 0.15) is 17.7 Å². The molecule has 2 heterocycles. The number of carbonyl (C=O) groups is 1. The van der Waals surface area contributed by atoms with Gasteiger partial charge in [-0.05, 0) is 25.0 Å². The normalized spacial score (nSPS) is 17.8. The number of amides is 1. The van der Waals surface area contributed by atoms with Crippen molar-refractivity contribution in [2.24, 2.45) is 0 Å². The molecule has 1 atom stereocenters. The number of hydrogen-bond donors (Lipinski definition) is 1. The summed E-state index contributed by atoms with van der Waals surface area (Å²) in [4.78, 5) is 28.1. The van der Waals surface area contributed by atoms with Crippen LogP contribution < -0.4 is 10.9 Å². The van der Waals surface area contributed by atoms with Crippen molar-refractivity contribution in [1.29, 1.82) is 0 Å². The number of carbonyl (C=O) groups excluding carboxylic acids is 1. The molecule has 1 aliphatic heterocycles. The molecule has 7 heteroatoms. The predicted molar refractivity (Wildman–Crippen MR) is 77.9 cm³/mol. The van der Waals surface area contributed by atoms with Gasteiger partial charge in [0.2, 0.25) is 5.91 Å². The molecule has 1 aromatic heterocycles. The van der Waals surface area contributed by atoms with Crippen LogP contribution in [0.25, 0.3) is 10.9 Å². The maximum absolute atomic E-state index is 13.7. The van der Waals surface area contributed by atoms with Crippen LogP contribution in [0.5, 0.6) is 0 Å². The van der Waals surface area contributed by atoms with Crippen LogP contribution >= 0.6 is 0 Å². The maximum atomic E-state index is 13.7. The van der Waals surface area contributed by atoms with Crippen molar-refractivity contribution in [2.45, 2.75) is 25.5 Å². The summed E-state index contributed by atoms with van der Waals surface area (Å²) in [5.41, 5.74) is -0.281. The topological polar surface area (TPSA) is 73.2 Å². The lowest BCUT2D eigenvalue weighted by atomic mass is 10.2. The first kappa shape index (κ1) is 14.6. The molecule has 0 aliphatic carbocycles. The van der Waals surface area contributed by atoms with Crippen molar-refractivity contribution in [2.75, 3.05) is 13.2 Å². The van der Waals surface area contributed by atoms with Gasteiger partial charge in [0, 0.05) is 13.2 Å². The number of ether oxygens (including phenoxy) is 1.